The van der Waals surface area contributed by atoms with Crippen molar-refractivity contribution in [2.75, 3.05) is 27.7 Å². The Bertz CT molecular complexity index is 608. The van der Waals surface area contributed by atoms with Gasteiger partial charge in [0.15, 0.2) is 0 Å². The summed E-state index contributed by atoms with van der Waals surface area (Å²) in [5, 5.41) is 0. The number of carbonyl (C=O) groups excluding carboxylic acids is 1. The highest BCUT2D eigenvalue weighted by Gasteiger charge is 2.22. The van der Waals surface area contributed by atoms with Crippen LogP contribution in [0, 0.1) is 0 Å². The largest absolute Gasteiger partial charge is 0.489 e. The predicted molar refractivity (Wildman–Crippen MR) is 90.5 cm³/mol. The second-order valence-electron chi connectivity index (χ2n) is 5.68. The first-order valence-electron chi connectivity index (χ1n) is 7.59. The Kier molecular flexibility index (Phi) is 6.18. The van der Waals surface area contributed by atoms with Gasteiger partial charge < -0.3 is 14.4 Å². The molecule has 0 N–H and O–H groups in total. The summed E-state index contributed by atoms with van der Waals surface area (Å²) in [6.07, 6.45) is 0. The van der Waals surface area contributed by atoms with Gasteiger partial charge in [0.2, 0.25) is 0 Å². The highest BCUT2D eigenvalue weighted by atomic mass is 16.5. The Labute approximate surface area is 137 Å². The van der Waals surface area contributed by atoms with E-state index in [-0.39, 0.29) is 11.9 Å². The van der Waals surface area contributed by atoms with Crippen molar-refractivity contribution in [3.63, 3.8) is 0 Å². The maximum absolute atomic E-state index is 12.0. The second kappa shape index (κ2) is 8.34. The molecule has 2 rings (SSSR count). The van der Waals surface area contributed by atoms with Gasteiger partial charge in [0.25, 0.3) is 0 Å². The summed E-state index contributed by atoms with van der Waals surface area (Å²) in [5.74, 6) is 0.265. The Hall–Kier alpha value is -2.33. The average molecular weight is 313 g/mol. The minimum absolute atomic E-state index is 0.225. The lowest BCUT2D eigenvalue weighted by Crippen LogP contribution is -2.27. The van der Waals surface area contributed by atoms with Crippen molar-refractivity contribution in [2.45, 2.75) is 12.5 Å². The molecule has 4 nitrogen and oxygen atoms in total. The minimum atomic E-state index is -0.293. The summed E-state index contributed by atoms with van der Waals surface area (Å²) in [6.45, 7) is 1.13. The van der Waals surface area contributed by atoms with Gasteiger partial charge in [0.1, 0.15) is 12.4 Å². The van der Waals surface area contributed by atoms with Gasteiger partial charge in [0, 0.05) is 6.54 Å². The third kappa shape index (κ3) is 5.11. The molecule has 4 heteroatoms. The highest BCUT2D eigenvalue weighted by molar-refractivity contribution is 5.78. The lowest BCUT2D eigenvalue weighted by Gasteiger charge is -2.19. The maximum Gasteiger partial charge on any atom is 0.314 e. The zero-order valence-corrected chi connectivity index (χ0v) is 13.9. The third-order valence-corrected chi connectivity index (χ3v) is 3.56. The molecule has 0 radical (unpaired) electrons. The summed E-state index contributed by atoms with van der Waals surface area (Å²) in [5.41, 5.74) is 2.05. The monoisotopic (exact) mass is 313 g/mol. The van der Waals surface area contributed by atoms with Gasteiger partial charge in [0.05, 0.1) is 13.0 Å². The van der Waals surface area contributed by atoms with Crippen molar-refractivity contribution in [1.29, 1.82) is 0 Å². The maximum atomic E-state index is 12.0. The SMILES string of the molecule is COC(=O)C(CN(C)C)c1ccc(OCc2ccccc2)cc1. The third-order valence-electron chi connectivity index (χ3n) is 3.56. The van der Waals surface area contributed by atoms with Crippen LogP contribution >= 0.6 is 0 Å². The Morgan fingerprint density at radius 1 is 1.04 bits per heavy atom. The molecule has 2 aromatic rings. The van der Waals surface area contributed by atoms with Crippen LogP contribution in [0.1, 0.15) is 17.0 Å². The number of nitrogens with zero attached hydrogens (tertiary/aromatic N) is 1. The van der Waals surface area contributed by atoms with E-state index in [4.69, 9.17) is 9.47 Å². The number of likely N-dealkylation sites (N-methyl/N-ethyl adjacent to an activating group) is 1. The molecule has 122 valence electrons. The number of methoxy groups -OCH3 is 1. The summed E-state index contributed by atoms with van der Waals surface area (Å²) in [4.78, 5) is 13.9. The molecule has 0 aliphatic carbocycles. The molecule has 0 aliphatic rings. The molecule has 0 aromatic heterocycles. The van der Waals surface area contributed by atoms with Gasteiger partial charge in [-0.1, -0.05) is 42.5 Å². The van der Waals surface area contributed by atoms with Crippen LogP contribution in [0.4, 0.5) is 0 Å². The van der Waals surface area contributed by atoms with Crippen LogP contribution in [-0.2, 0) is 16.1 Å². The lowest BCUT2D eigenvalue weighted by atomic mass is 9.98. The van der Waals surface area contributed by atoms with E-state index in [2.05, 4.69) is 0 Å². The van der Waals surface area contributed by atoms with Crippen molar-refractivity contribution in [1.82, 2.24) is 4.90 Å². The first-order chi connectivity index (χ1) is 11.1. The van der Waals surface area contributed by atoms with E-state index in [0.717, 1.165) is 16.9 Å². The Balaban J connectivity index is 2.03. The molecule has 1 unspecified atom stereocenters. The highest BCUT2D eigenvalue weighted by Crippen LogP contribution is 2.22. The van der Waals surface area contributed by atoms with Crippen LogP contribution in [0.5, 0.6) is 5.75 Å². The number of carbonyl (C=O) groups is 1. The number of ether oxygens (including phenoxy) is 2. The van der Waals surface area contributed by atoms with Gasteiger partial charge in [-0.15, -0.1) is 0 Å². The molecular weight excluding hydrogens is 290 g/mol. The van der Waals surface area contributed by atoms with Gasteiger partial charge in [-0.05, 0) is 37.4 Å². The fourth-order valence-electron chi connectivity index (χ4n) is 2.36. The predicted octanol–water partition coefficient (Wildman–Crippen LogP) is 3.08. The smallest absolute Gasteiger partial charge is 0.314 e. The first kappa shape index (κ1) is 17.0. The lowest BCUT2D eigenvalue weighted by molar-refractivity contribution is -0.142. The van der Waals surface area contributed by atoms with Gasteiger partial charge in [-0.25, -0.2) is 0 Å². The summed E-state index contributed by atoms with van der Waals surface area (Å²) in [7, 11) is 5.29. The zero-order chi connectivity index (χ0) is 16.7. The van der Waals surface area contributed by atoms with E-state index >= 15 is 0 Å². The van der Waals surface area contributed by atoms with Crippen molar-refractivity contribution in [3.8, 4) is 5.75 Å². The minimum Gasteiger partial charge on any atom is -0.489 e. The van der Waals surface area contributed by atoms with Gasteiger partial charge >= 0.3 is 5.97 Å². The van der Waals surface area contributed by atoms with Crippen molar-refractivity contribution >= 4 is 5.97 Å². The molecule has 2 aromatic carbocycles. The standard InChI is InChI=1S/C19H23NO3/c1-20(2)13-18(19(21)22-3)16-9-11-17(12-10-16)23-14-15-7-5-4-6-8-15/h4-12,18H,13-14H2,1-3H3. The van der Waals surface area contributed by atoms with Crippen molar-refractivity contribution in [2.24, 2.45) is 0 Å². The van der Waals surface area contributed by atoms with Crippen LogP contribution in [0.25, 0.3) is 0 Å². The zero-order valence-electron chi connectivity index (χ0n) is 13.9. The molecule has 0 bridgehead atoms. The van der Waals surface area contributed by atoms with E-state index in [1.54, 1.807) is 0 Å². The van der Waals surface area contributed by atoms with Gasteiger partial charge in [-0.2, -0.15) is 0 Å². The number of esters is 1. The first-order valence-corrected chi connectivity index (χ1v) is 7.59. The summed E-state index contributed by atoms with van der Waals surface area (Å²) < 4.78 is 10.7. The molecule has 0 saturated heterocycles. The Morgan fingerprint density at radius 3 is 2.26 bits per heavy atom. The Morgan fingerprint density at radius 2 is 1.70 bits per heavy atom. The van der Waals surface area contributed by atoms with Crippen LogP contribution in [0.3, 0.4) is 0 Å². The van der Waals surface area contributed by atoms with Crippen molar-refractivity contribution in [3.05, 3.63) is 65.7 Å². The van der Waals surface area contributed by atoms with Crippen LogP contribution in [0.2, 0.25) is 0 Å². The van der Waals surface area contributed by atoms with Gasteiger partial charge in [-0.3, -0.25) is 4.79 Å². The van der Waals surface area contributed by atoms with Crippen LogP contribution in [-0.4, -0.2) is 38.6 Å². The van der Waals surface area contributed by atoms with E-state index in [9.17, 15) is 4.79 Å². The molecule has 0 saturated carbocycles. The topological polar surface area (TPSA) is 38.8 Å². The molecule has 0 heterocycles. The molecule has 1 atom stereocenters. The molecule has 0 fully saturated rings. The summed E-state index contributed by atoms with van der Waals surface area (Å²) >= 11 is 0. The molecule has 0 amide bonds. The average Bonchev–Trinajstić information content (AvgIpc) is 2.58. The fraction of sp³-hybridized carbons (Fsp3) is 0.316. The fourth-order valence-corrected chi connectivity index (χ4v) is 2.36. The number of benzene rings is 2. The quantitative estimate of drug-likeness (QED) is 0.736. The molecule has 23 heavy (non-hydrogen) atoms. The van der Waals surface area contributed by atoms with Crippen molar-refractivity contribution < 1.29 is 14.3 Å². The second-order valence-corrected chi connectivity index (χ2v) is 5.68. The van der Waals surface area contributed by atoms with Crippen LogP contribution in [0.15, 0.2) is 54.6 Å². The molecular formula is C19H23NO3. The number of hydrogen-bond acceptors (Lipinski definition) is 4. The van der Waals surface area contributed by atoms with Crippen LogP contribution < -0.4 is 4.74 Å². The molecule has 0 aliphatic heterocycles. The normalized spacial score (nSPS) is 12.0. The van der Waals surface area contributed by atoms with E-state index in [0.29, 0.717) is 13.2 Å². The molecule has 0 spiro atoms. The van der Waals surface area contributed by atoms with E-state index in [1.807, 2.05) is 73.6 Å². The van der Waals surface area contributed by atoms with E-state index in [1.165, 1.54) is 7.11 Å². The summed E-state index contributed by atoms with van der Waals surface area (Å²) in [6, 6.07) is 17.6. The number of hydrogen-bond donors (Lipinski definition) is 0. The number of rotatable bonds is 7. The van der Waals surface area contributed by atoms with E-state index < -0.39 is 0 Å².